The second-order valence-corrected chi connectivity index (χ2v) is 4.45. The first-order valence-corrected chi connectivity index (χ1v) is 6.36. The van der Waals surface area contributed by atoms with Crippen LogP contribution in [0.3, 0.4) is 0 Å². The molecule has 2 aromatic carbocycles. The van der Waals surface area contributed by atoms with E-state index in [1.54, 1.807) is 0 Å². The average Bonchev–Trinajstić information content (AvgIpc) is 2.85. The summed E-state index contributed by atoms with van der Waals surface area (Å²) >= 11 is 0. The standard InChI is InChI=1S/C16H16N2O/c17-14-6-2-4-8-16(14)19-12-11-18-10-9-13-5-1-3-7-15(13)18/h1-10H,11-12,17H2. The van der Waals surface area contributed by atoms with Gasteiger partial charge in [-0.15, -0.1) is 0 Å². The third-order valence-corrected chi connectivity index (χ3v) is 3.19. The van der Waals surface area contributed by atoms with Crippen LogP contribution < -0.4 is 10.5 Å². The fraction of sp³-hybridized carbons (Fsp3) is 0.125. The Hall–Kier alpha value is -2.42. The normalized spacial score (nSPS) is 10.7. The predicted molar refractivity (Wildman–Crippen MR) is 78.3 cm³/mol. The van der Waals surface area contributed by atoms with Gasteiger partial charge in [-0.25, -0.2) is 0 Å². The van der Waals surface area contributed by atoms with Gasteiger partial charge in [0.15, 0.2) is 0 Å². The molecule has 2 N–H and O–H groups in total. The quantitative estimate of drug-likeness (QED) is 0.724. The molecule has 1 heterocycles. The third-order valence-electron chi connectivity index (χ3n) is 3.19. The van der Waals surface area contributed by atoms with E-state index in [2.05, 4.69) is 35.0 Å². The molecule has 0 aliphatic heterocycles. The lowest BCUT2D eigenvalue weighted by molar-refractivity contribution is 0.302. The van der Waals surface area contributed by atoms with Gasteiger partial charge in [0.2, 0.25) is 0 Å². The number of rotatable bonds is 4. The molecule has 0 aliphatic carbocycles. The number of anilines is 1. The Morgan fingerprint density at radius 1 is 0.947 bits per heavy atom. The fourth-order valence-electron chi connectivity index (χ4n) is 2.20. The second-order valence-electron chi connectivity index (χ2n) is 4.45. The zero-order chi connectivity index (χ0) is 13.1. The van der Waals surface area contributed by atoms with E-state index in [0.717, 1.165) is 12.3 Å². The summed E-state index contributed by atoms with van der Waals surface area (Å²) in [6, 6.07) is 18.0. The van der Waals surface area contributed by atoms with Gasteiger partial charge in [-0.05, 0) is 29.7 Å². The third kappa shape index (κ3) is 2.40. The Morgan fingerprint density at radius 3 is 2.63 bits per heavy atom. The van der Waals surface area contributed by atoms with E-state index in [9.17, 15) is 0 Å². The summed E-state index contributed by atoms with van der Waals surface area (Å²) in [5, 5.41) is 1.25. The molecule has 3 nitrogen and oxygen atoms in total. The van der Waals surface area contributed by atoms with Crippen LogP contribution in [0.2, 0.25) is 0 Å². The van der Waals surface area contributed by atoms with Crippen LogP contribution in [0.25, 0.3) is 10.9 Å². The van der Waals surface area contributed by atoms with Gasteiger partial charge in [0, 0.05) is 11.7 Å². The van der Waals surface area contributed by atoms with Crippen molar-refractivity contribution in [3.8, 4) is 5.75 Å². The molecule has 0 unspecified atom stereocenters. The van der Waals surface area contributed by atoms with Crippen LogP contribution in [0.1, 0.15) is 0 Å². The summed E-state index contributed by atoms with van der Waals surface area (Å²) < 4.78 is 7.90. The Labute approximate surface area is 112 Å². The number of fused-ring (bicyclic) bond motifs is 1. The minimum absolute atomic E-state index is 0.604. The molecule has 0 saturated heterocycles. The van der Waals surface area contributed by atoms with Gasteiger partial charge in [-0.2, -0.15) is 0 Å². The lowest BCUT2D eigenvalue weighted by Gasteiger charge is -2.10. The fourth-order valence-corrected chi connectivity index (χ4v) is 2.20. The number of hydrogen-bond donors (Lipinski definition) is 1. The Kier molecular flexibility index (Phi) is 3.11. The van der Waals surface area contributed by atoms with E-state index in [1.807, 2.05) is 30.3 Å². The molecule has 0 fully saturated rings. The summed E-state index contributed by atoms with van der Waals surface area (Å²) in [5.41, 5.74) is 7.75. The second kappa shape index (κ2) is 5.06. The van der Waals surface area contributed by atoms with Crippen molar-refractivity contribution in [2.45, 2.75) is 6.54 Å². The van der Waals surface area contributed by atoms with Gasteiger partial charge in [0.1, 0.15) is 12.4 Å². The Morgan fingerprint density at radius 2 is 1.74 bits per heavy atom. The highest BCUT2D eigenvalue weighted by molar-refractivity contribution is 5.79. The molecule has 96 valence electrons. The van der Waals surface area contributed by atoms with Gasteiger partial charge >= 0.3 is 0 Å². The van der Waals surface area contributed by atoms with E-state index in [1.165, 1.54) is 10.9 Å². The average molecular weight is 252 g/mol. The lowest BCUT2D eigenvalue weighted by Crippen LogP contribution is -2.08. The molecule has 0 saturated carbocycles. The summed E-state index contributed by atoms with van der Waals surface area (Å²) in [7, 11) is 0. The van der Waals surface area contributed by atoms with Crippen molar-refractivity contribution in [2.24, 2.45) is 0 Å². The van der Waals surface area contributed by atoms with Gasteiger partial charge in [0.25, 0.3) is 0 Å². The van der Waals surface area contributed by atoms with Crippen molar-refractivity contribution in [3.05, 3.63) is 60.8 Å². The molecule has 3 rings (SSSR count). The van der Waals surface area contributed by atoms with E-state index >= 15 is 0 Å². The van der Waals surface area contributed by atoms with Crippen molar-refractivity contribution < 1.29 is 4.74 Å². The number of nitrogens with zero attached hydrogens (tertiary/aromatic N) is 1. The largest absolute Gasteiger partial charge is 0.490 e. The van der Waals surface area contributed by atoms with Gasteiger partial charge < -0.3 is 15.0 Å². The van der Waals surface area contributed by atoms with Gasteiger partial charge in [0.05, 0.1) is 12.2 Å². The van der Waals surface area contributed by atoms with Crippen LogP contribution >= 0.6 is 0 Å². The molecule has 3 aromatic rings. The van der Waals surface area contributed by atoms with Crippen LogP contribution in [0.4, 0.5) is 5.69 Å². The zero-order valence-corrected chi connectivity index (χ0v) is 10.6. The van der Waals surface area contributed by atoms with Crippen LogP contribution in [0, 0.1) is 0 Å². The van der Waals surface area contributed by atoms with Crippen molar-refractivity contribution in [3.63, 3.8) is 0 Å². The summed E-state index contributed by atoms with van der Waals surface area (Å²) in [4.78, 5) is 0. The van der Waals surface area contributed by atoms with Gasteiger partial charge in [-0.3, -0.25) is 0 Å². The number of nitrogens with two attached hydrogens (primary N) is 1. The summed E-state index contributed by atoms with van der Waals surface area (Å²) in [6.45, 7) is 1.41. The smallest absolute Gasteiger partial charge is 0.142 e. The van der Waals surface area contributed by atoms with Gasteiger partial charge in [-0.1, -0.05) is 30.3 Å². The molecule has 0 spiro atoms. The number of para-hydroxylation sites is 3. The highest BCUT2D eigenvalue weighted by atomic mass is 16.5. The maximum atomic E-state index is 5.84. The van der Waals surface area contributed by atoms with Crippen LogP contribution in [-0.2, 0) is 6.54 Å². The van der Waals surface area contributed by atoms with Crippen LogP contribution in [0.15, 0.2) is 60.8 Å². The topological polar surface area (TPSA) is 40.2 Å². The zero-order valence-electron chi connectivity index (χ0n) is 10.6. The molecule has 0 atom stereocenters. The number of aromatic nitrogens is 1. The summed E-state index contributed by atoms with van der Waals surface area (Å²) in [5.74, 6) is 0.749. The van der Waals surface area contributed by atoms with Crippen molar-refractivity contribution in [1.82, 2.24) is 4.57 Å². The number of hydrogen-bond acceptors (Lipinski definition) is 2. The molecule has 1 aromatic heterocycles. The van der Waals surface area contributed by atoms with Crippen molar-refractivity contribution in [1.29, 1.82) is 0 Å². The highest BCUT2D eigenvalue weighted by Crippen LogP contribution is 2.20. The van der Waals surface area contributed by atoms with E-state index in [0.29, 0.717) is 12.3 Å². The number of ether oxygens (including phenoxy) is 1. The maximum Gasteiger partial charge on any atom is 0.142 e. The molecule has 0 amide bonds. The van der Waals surface area contributed by atoms with Crippen molar-refractivity contribution in [2.75, 3.05) is 12.3 Å². The molecule has 19 heavy (non-hydrogen) atoms. The molecule has 3 heteroatoms. The number of nitrogen functional groups attached to an aromatic ring is 1. The molecule has 0 aliphatic rings. The van der Waals surface area contributed by atoms with Crippen LogP contribution in [0.5, 0.6) is 5.75 Å². The lowest BCUT2D eigenvalue weighted by atomic mass is 10.2. The monoisotopic (exact) mass is 252 g/mol. The first kappa shape index (κ1) is 11.7. The Balaban J connectivity index is 1.68. The van der Waals surface area contributed by atoms with E-state index < -0.39 is 0 Å². The maximum absolute atomic E-state index is 5.84. The predicted octanol–water partition coefficient (Wildman–Crippen LogP) is 3.30. The highest BCUT2D eigenvalue weighted by Gasteiger charge is 2.01. The van der Waals surface area contributed by atoms with Crippen molar-refractivity contribution >= 4 is 16.6 Å². The van der Waals surface area contributed by atoms with E-state index in [-0.39, 0.29) is 0 Å². The first-order valence-electron chi connectivity index (χ1n) is 6.36. The van der Waals surface area contributed by atoms with Crippen LogP contribution in [-0.4, -0.2) is 11.2 Å². The molecule has 0 bridgehead atoms. The minimum Gasteiger partial charge on any atom is -0.490 e. The van der Waals surface area contributed by atoms with E-state index in [4.69, 9.17) is 10.5 Å². The SMILES string of the molecule is Nc1ccccc1OCCn1ccc2ccccc21. The number of benzene rings is 2. The molecule has 0 radical (unpaired) electrons. The minimum atomic E-state index is 0.604. The Bertz CT molecular complexity index is 688. The molecular formula is C16H16N2O. The summed E-state index contributed by atoms with van der Waals surface area (Å²) in [6.07, 6.45) is 2.09. The molecular weight excluding hydrogens is 236 g/mol. The first-order chi connectivity index (χ1) is 9.34.